The topological polar surface area (TPSA) is 80.9 Å². The molecule has 0 aliphatic rings. The van der Waals surface area contributed by atoms with Crippen molar-refractivity contribution in [3.8, 4) is 0 Å². The van der Waals surface area contributed by atoms with E-state index in [1.54, 1.807) is 0 Å². The van der Waals surface area contributed by atoms with Crippen molar-refractivity contribution in [3.63, 3.8) is 0 Å². The van der Waals surface area contributed by atoms with Gasteiger partial charge in [0.05, 0.1) is 0 Å². The van der Waals surface area contributed by atoms with Crippen LogP contribution in [0.25, 0.3) is 0 Å². The molecule has 0 aromatic carbocycles. The van der Waals surface area contributed by atoms with Crippen LogP contribution in [-0.2, 0) is 0 Å². The van der Waals surface area contributed by atoms with E-state index in [4.69, 9.17) is 20.4 Å². The maximum atomic E-state index is 9.08. The summed E-state index contributed by atoms with van der Waals surface area (Å²) in [5, 5.41) is 34.9. The van der Waals surface area contributed by atoms with Crippen LogP contribution in [0.5, 0.6) is 0 Å². The predicted molar refractivity (Wildman–Crippen MR) is 58.0 cm³/mol. The van der Waals surface area contributed by atoms with Crippen LogP contribution in [0.4, 0.5) is 0 Å². The molecule has 0 spiro atoms. The molecule has 92 valence electrons. The third kappa shape index (κ3) is 8.81. The molecule has 0 saturated heterocycles. The van der Waals surface area contributed by atoms with Crippen molar-refractivity contribution in [1.82, 2.24) is 0 Å². The van der Waals surface area contributed by atoms with Gasteiger partial charge in [-0.05, 0) is 6.42 Å². The fourth-order valence-electron chi connectivity index (χ4n) is 1.49. The van der Waals surface area contributed by atoms with Crippen LogP contribution in [0.2, 0.25) is 0 Å². The number of aliphatic hydroxyl groups excluding tert-OH is 1. The van der Waals surface area contributed by atoms with Gasteiger partial charge in [0.1, 0.15) is 6.10 Å². The third-order valence-electron chi connectivity index (χ3n) is 2.53. The maximum Gasteiger partial charge on any atom is 0.302 e. The number of rotatable bonds is 9. The summed E-state index contributed by atoms with van der Waals surface area (Å²) in [7, 11) is 0. The fraction of sp³-hybridized carbons (Fsp3) is 1.00. The van der Waals surface area contributed by atoms with E-state index in [1.807, 2.05) is 0 Å². The van der Waals surface area contributed by atoms with Crippen LogP contribution in [0.3, 0.4) is 0 Å². The van der Waals surface area contributed by atoms with Crippen LogP contribution in [0.1, 0.15) is 58.3 Å². The Bertz CT molecular complexity index is 142. The van der Waals surface area contributed by atoms with Crippen molar-refractivity contribution in [1.29, 1.82) is 0 Å². The van der Waals surface area contributed by atoms with Gasteiger partial charge in [-0.2, -0.15) is 0 Å². The van der Waals surface area contributed by atoms with E-state index in [0.717, 1.165) is 12.8 Å². The summed E-state index contributed by atoms with van der Waals surface area (Å²) in [5.74, 6) is -2.94. The molecule has 4 N–H and O–H groups in total. The van der Waals surface area contributed by atoms with Gasteiger partial charge in [0.15, 0.2) is 0 Å². The predicted octanol–water partition coefficient (Wildman–Crippen LogP) is 1.12. The van der Waals surface area contributed by atoms with Gasteiger partial charge >= 0.3 is 5.97 Å². The average Bonchev–Trinajstić information content (AvgIpc) is 2.14. The number of hydrogen-bond donors (Lipinski definition) is 4. The van der Waals surface area contributed by atoms with E-state index in [9.17, 15) is 0 Å². The Kier molecular flexibility index (Phi) is 7.96. The first-order chi connectivity index (χ1) is 6.98. The molecule has 0 saturated carbocycles. The Morgan fingerprint density at radius 1 is 0.867 bits per heavy atom. The molecule has 0 rings (SSSR count). The van der Waals surface area contributed by atoms with Gasteiger partial charge in [-0.1, -0.05) is 51.9 Å². The van der Waals surface area contributed by atoms with E-state index in [-0.39, 0.29) is 6.42 Å². The zero-order valence-corrected chi connectivity index (χ0v) is 9.52. The summed E-state index contributed by atoms with van der Waals surface area (Å²) < 4.78 is 0. The summed E-state index contributed by atoms with van der Waals surface area (Å²) in [5.41, 5.74) is 0. The summed E-state index contributed by atoms with van der Waals surface area (Å²) >= 11 is 0. The minimum absolute atomic E-state index is 0.220. The minimum Gasteiger partial charge on any atom is -0.385 e. The number of aliphatic hydroxyl groups is 4. The SMILES string of the molecule is CCCCCCCCCC(O)C(O)(O)O. The average molecular weight is 220 g/mol. The smallest absolute Gasteiger partial charge is 0.302 e. The first-order valence-corrected chi connectivity index (χ1v) is 5.83. The Morgan fingerprint density at radius 2 is 1.33 bits per heavy atom. The molecule has 0 amide bonds. The van der Waals surface area contributed by atoms with Crippen LogP contribution in [0.15, 0.2) is 0 Å². The highest BCUT2D eigenvalue weighted by molar-refractivity contribution is 4.62. The molecule has 0 aliphatic heterocycles. The second-order valence-electron chi connectivity index (χ2n) is 4.11. The molecule has 0 aromatic heterocycles. The summed E-state index contributed by atoms with van der Waals surface area (Å²) in [6.07, 6.45) is 6.42. The van der Waals surface area contributed by atoms with Gasteiger partial charge in [0.2, 0.25) is 0 Å². The van der Waals surface area contributed by atoms with Gasteiger partial charge in [-0.3, -0.25) is 0 Å². The molecule has 4 heteroatoms. The minimum atomic E-state index is -2.94. The zero-order valence-electron chi connectivity index (χ0n) is 9.52. The van der Waals surface area contributed by atoms with Gasteiger partial charge < -0.3 is 20.4 Å². The summed E-state index contributed by atoms with van der Waals surface area (Å²) in [6.45, 7) is 2.17. The Morgan fingerprint density at radius 3 is 1.80 bits per heavy atom. The van der Waals surface area contributed by atoms with Crippen molar-refractivity contribution < 1.29 is 20.4 Å². The van der Waals surface area contributed by atoms with E-state index in [1.165, 1.54) is 25.7 Å². The van der Waals surface area contributed by atoms with E-state index < -0.39 is 12.1 Å². The molecule has 0 radical (unpaired) electrons. The lowest BCUT2D eigenvalue weighted by Gasteiger charge is -2.20. The van der Waals surface area contributed by atoms with Gasteiger partial charge in [0, 0.05) is 0 Å². The van der Waals surface area contributed by atoms with E-state index in [0.29, 0.717) is 6.42 Å². The highest BCUT2D eigenvalue weighted by Gasteiger charge is 2.29. The largest absolute Gasteiger partial charge is 0.385 e. The monoisotopic (exact) mass is 220 g/mol. The third-order valence-corrected chi connectivity index (χ3v) is 2.53. The quantitative estimate of drug-likeness (QED) is 0.347. The van der Waals surface area contributed by atoms with Crippen molar-refractivity contribution in [2.75, 3.05) is 0 Å². The highest BCUT2D eigenvalue weighted by atomic mass is 16.7. The standard InChI is InChI=1S/C11H24O4/c1-2-3-4-5-6-7-8-9-10(12)11(13,14)15/h10,12-15H,2-9H2,1H3. The molecular weight excluding hydrogens is 196 g/mol. The van der Waals surface area contributed by atoms with E-state index >= 15 is 0 Å². The van der Waals surface area contributed by atoms with Crippen molar-refractivity contribution in [2.24, 2.45) is 0 Å². The van der Waals surface area contributed by atoms with Gasteiger partial charge in [0.25, 0.3) is 0 Å². The zero-order chi connectivity index (χ0) is 11.7. The van der Waals surface area contributed by atoms with E-state index in [2.05, 4.69) is 6.92 Å². The Balaban J connectivity index is 3.24. The molecule has 1 atom stereocenters. The normalized spacial score (nSPS) is 14.2. The molecule has 0 aliphatic carbocycles. The first-order valence-electron chi connectivity index (χ1n) is 5.83. The molecule has 1 unspecified atom stereocenters. The van der Waals surface area contributed by atoms with Crippen molar-refractivity contribution in [2.45, 2.75) is 70.4 Å². The summed E-state index contributed by atoms with van der Waals surface area (Å²) in [6, 6.07) is 0. The maximum absolute atomic E-state index is 9.08. The molecule has 15 heavy (non-hydrogen) atoms. The molecule has 4 nitrogen and oxygen atoms in total. The number of hydrogen-bond acceptors (Lipinski definition) is 4. The van der Waals surface area contributed by atoms with Crippen molar-refractivity contribution >= 4 is 0 Å². The second kappa shape index (κ2) is 8.05. The lowest BCUT2D eigenvalue weighted by molar-refractivity contribution is -0.355. The first kappa shape index (κ1) is 14.8. The molecule has 0 fully saturated rings. The highest BCUT2D eigenvalue weighted by Crippen LogP contribution is 2.13. The van der Waals surface area contributed by atoms with Gasteiger partial charge in [-0.25, -0.2) is 0 Å². The molecule has 0 aromatic rings. The fourth-order valence-corrected chi connectivity index (χ4v) is 1.49. The summed E-state index contributed by atoms with van der Waals surface area (Å²) in [4.78, 5) is 0. The second-order valence-corrected chi connectivity index (χ2v) is 4.11. The van der Waals surface area contributed by atoms with Crippen LogP contribution < -0.4 is 0 Å². The molecule has 0 heterocycles. The Hall–Kier alpha value is -0.160. The van der Waals surface area contributed by atoms with Crippen molar-refractivity contribution in [3.05, 3.63) is 0 Å². The van der Waals surface area contributed by atoms with Crippen LogP contribution in [-0.4, -0.2) is 32.5 Å². The molecular formula is C11H24O4. The lowest BCUT2D eigenvalue weighted by atomic mass is 10.1. The molecule has 0 bridgehead atoms. The van der Waals surface area contributed by atoms with Crippen LogP contribution >= 0.6 is 0 Å². The number of unbranched alkanes of at least 4 members (excludes halogenated alkanes) is 6. The van der Waals surface area contributed by atoms with Crippen LogP contribution in [0, 0.1) is 0 Å². The van der Waals surface area contributed by atoms with Gasteiger partial charge in [-0.15, -0.1) is 0 Å². The lowest BCUT2D eigenvalue weighted by Crippen LogP contribution is -2.41. The Labute approximate surface area is 91.6 Å².